The van der Waals surface area contributed by atoms with Gasteiger partial charge in [0.1, 0.15) is 0 Å². The van der Waals surface area contributed by atoms with Crippen LogP contribution in [0.2, 0.25) is 0 Å². The van der Waals surface area contributed by atoms with Crippen LogP contribution in [0.3, 0.4) is 0 Å². The average molecular weight is 348 g/mol. The first-order chi connectivity index (χ1) is 11.6. The fourth-order valence-electron chi connectivity index (χ4n) is 3.48. The molecule has 0 bridgehead atoms. The molecule has 0 aromatic heterocycles. The molecule has 0 heterocycles. The molecule has 0 aromatic carbocycles. The van der Waals surface area contributed by atoms with E-state index >= 15 is 0 Å². The molecule has 1 aliphatic rings. The first kappa shape index (κ1) is 21.4. The van der Waals surface area contributed by atoms with Crippen molar-refractivity contribution >= 4 is 5.97 Å². The van der Waals surface area contributed by atoms with Crippen LogP contribution in [-0.4, -0.2) is 22.7 Å². The van der Waals surface area contributed by atoms with Crippen molar-refractivity contribution in [3.63, 3.8) is 0 Å². The monoisotopic (exact) mass is 348 g/mol. The molecule has 1 aliphatic carbocycles. The number of carbonyl (C=O) groups is 1. The van der Waals surface area contributed by atoms with Crippen molar-refractivity contribution in [1.82, 2.24) is 0 Å². The number of hydrogen-bond acceptors (Lipinski definition) is 4. The van der Waals surface area contributed by atoms with Gasteiger partial charge in [0, 0.05) is 6.08 Å². The SMILES string of the molecule is CC(/C=C/[C@H]1[C@H](C)CCCC1(C)C)=C\C=C\C(C)=C\C(=O)OC(O)O. The largest absolute Gasteiger partial charge is 0.407 e. The van der Waals surface area contributed by atoms with Crippen molar-refractivity contribution in [2.45, 2.75) is 60.4 Å². The summed E-state index contributed by atoms with van der Waals surface area (Å²) in [6.45, 7) is 8.76. The highest BCUT2D eigenvalue weighted by molar-refractivity contribution is 5.83. The van der Waals surface area contributed by atoms with Gasteiger partial charge in [0.25, 0.3) is 0 Å². The summed E-state index contributed by atoms with van der Waals surface area (Å²) >= 11 is 0. The Morgan fingerprint density at radius 3 is 2.48 bits per heavy atom. The van der Waals surface area contributed by atoms with Crippen LogP contribution >= 0.6 is 0 Å². The predicted molar refractivity (Wildman–Crippen MR) is 100 cm³/mol. The molecule has 0 radical (unpaired) electrons. The van der Waals surface area contributed by atoms with Gasteiger partial charge in [-0.2, -0.15) is 0 Å². The number of ether oxygens (including phenoxy) is 1. The van der Waals surface area contributed by atoms with E-state index < -0.39 is 12.4 Å². The third-order valence-electron chi connectivity index (χ3n) is 4.85. The first-order valence-electron chi connectivity index (χ1n) is 8.90. The van der Waals surface area contributed by atoms with Gasteiger partial charge >= 0.3 is 12.4 Å². The summed E-state index contributed by atoms with van der Waals surface area (Å²) in [5.74, 6) is 0.516. The van der Waals surface area contributed by atoms with Crippen LogP contribution in [0.4, 0.5) is 0 Å². The molecule has 1 saturated carbocycles. The highest BCUT2D eigenvalue weighted by Crippen LogP contribution is 2.44. The molecule has 140 valence electrons. The minimum absolute atomic E-state index is 0.348. The molecule has 0 aliphatic heterocycles. The number of rotatable bonds is 6. The summed E-state index contributed by atoms with van der Waals surface area (Å²) in [6, 6.07) is 0. The molecule has 0 spiro atoms. The summed E-state index contributed by atoms with van der Waals surface area (Å²) in [5.41, 5.74) is 2.16. The lowest BCUT2D eigenvalue weighted by atomic mass is 9.64. The van der Waals surface area contributed by atoms with Crippen molar-refractivity contribution in [3.05, 3.63) is 47.6 Å². The zero-order valence-electron chi connectivity index (χ0n) is 16.0. The lowest BCUT2D eigenvalue weighted by molar-refractivity contribution is -0.225. The molecule has 0 saturated heterocycles. The van der Waals surface area contributed by atoms with Gasteiger partial charge < -0.3 is 14.9 Å². The van der Waals surface area contributed by atoms with Gasteiger partial charge in [-0.05, 0) is 43.1 Å². The molecule has 25 heavy (non-hydrogen) atoms. The molecule has 0 aromatic rings. The third-order valence-corrected chi connectivity index (χ3v) is 4.85. The summed E-state index contributed by atoms with van der Waals surface area (Å²) < 4.78 is 4.22. The predicted octanol–water partition coefficient (Wildman–Crippen LogP) is 4.27. The van der Waals surface area contributed by atoms with E-state index in [4.69, 9.17) is 10.2 Å². The van der Waals surface area contributed by atoms with Crippen LogP contribution in [0.5, 0.6) is 0 Å². The second-order valence-corrected chi connectivity index (χ2v) is 7.66. The Bertz CT molecular complexity index is 564. The maximum atomic E-state index is 11.3. The van der Waals surface area contributed by atoms with Gasteiger partial charge in [0.15, 0.2) is 0 Å². The van der Waals surface area contributed by atoms with E-state index in [1.807, 2.05) is 12.2 Å². The Kier molecular flexibility index (Phi) is 8.33. The summed E-state index contributed by atoms with van der Waals surface area (Å²) in [5, 5.41) is 17.1. The number of carbonyl (C=O) groups excluding carboxylic acids is 1. The molecule has 2 N–H and O–H groups in total. The third kappa shape index (κ3) is 7.84. The number of aliphatic hydroxyl groups is 2. The Morgan fingerprint density at radius 2 is 1.88 bits per heavy atom. The number of esters is 1. The second kappa shape index (κ2) is 9.73. The maximum absolute atomic E-state index is 11.3. The van der Waals surface area contributed by atoms with E-state index in [9.17, 15) is 4.79 Å². The molecule has 4 heteroatoms. The second-order valence-electron chi connectivity index (χ2n) is 7.66. The summed E-state index contributed by atoms with van der Waals surface area (Å²) in [4.78, 5) is 11.3. The number of hydrogen-bond donors (Lipinski definition) is 2. The molecule has 4 nitrogen and oxygen atoms in total. The highest BCUT2D eigenvalue weighted by Gasteiger charge is 2.34. The zero-order chi connectivity index (χ0) is 19.0. The lowest BCUT2D eigenvalue weighted by Gasteiger charge is -2.41. The average Bonchev–Trinajstić information content (AvgIpc) is 2.44. The van der Waals surface area contributed by atoms with Gasteiger partial charge in [-0.15, -0.1) is 0 Å². The van der Waals surface area contributed by atoms with Gasteiger partial charge in [-0.25, -0.2) is 4.79 Å². The Balaban J connectivity index is 2.65. The van der Waals surface area contributed by atoms with Crippen LogP contribution in [0.1, 0.15) is 53.9 Å². The maximum Gasteiger partial charge on any atom is 0.335 e. The lowest BCUT2D eigenvalue weighted by Crippen LogP contribution is -2.32. The van der Waals surface area contributed by atoms with E-state index in [1.165, 1.54) is 25.3 Å². The van der Waals surface area contributed by atoms with E-state index in [0.717, 1.165) is 5.57 Å². The normalized spacial score (nSPS) is 25.1. The molecule has 2 atom stereocenters. The standard InChI is InChI=1S/C21H32O4/c1-15(8-6-9-16(2)14-19(22)25-20(23)24)11-12-18-17(3)10-7-13-21(18,4)5/h6,8-9,11-12,14,17-18,20,23-24H,7,10,13H2,1-5H3/b9-6+,12-11+,15-8+,16-14+/t17-,18+/m1/s1. The highest BCUT2D eigenvalue weighted by atomic mass is 16.7. The zero-order valence-corrected chi connectivity index (χ0v) is 16.0. The summed E-state index contributed by atoms with van der Waals surface area (Å²) in [7, 11) is 0. The molecule has 0 unspecified atom stereocenters. The molecule has 1 rings (SSSR count). The van der Waals surface area contributed by atoms with E-state index in [1.54, 1.807) is 13.0 Å². The van der Waals surface area contributed by atoms with Crippen LogP contribution in [0.25, 0.3) is 0 Å². The van der Waals surface area contributed by atoms with E-state index in [-0.39, 0.29) is 0 Å². The van der Waals surface area contributed by atoms with Crippen LogP contribution < -0.4 is 0 Å². The minimum Gasteiger partial charge on any atom is -0.407 e. The van der Waals surface area contributed by atoms with Crippen LogP contribution in [0, 0.1) is 17.3 Å². The fraction of sp³-hybridized carbons (Fsp3) is 0.571. The smallest absolute Gasteiger partial charge is 0.335 e. The van der Waals surface area contributed by atoms with Gasteiger partial charge in [0.05, 0.1) is 0 Å². The van der Waals surface area contributed by atoms with Crippen molar-refractivity contribution in [1.29, 1.82) is 0 Å². The molecular formula is C21H32O4. The van der Waals surface area contributed by atoms with Crippen molar-refractivity contribution in [3.8, 4) is 0 Å². The Hall–Kier alpha value is -1.65. The van der Waals surface area contributed by atoms with E-state index in [2.05, 4.69) is 44.6 Å². The molecule has 1 fully saturated rings. The Morgan fingerprint density at radius 1 is 1.20 bits per heavy atom. The summed E-state index contributed by atoms with van der Waals surface area (Å²) in [6.07, 6.45) is 15.2. The number of aliphatic hydroxyl groups excluding tert-OH is 1. The first-order valence-corrected chi connectivity index (χ1v) is 8.90. The van der Waals surface area contributed by atoms with Gasteiger partial charge in [0.2, 0.25) is 0 Å². The minimum atomic E-state index is -2.08. The van der Waals surface area contributed by atoms with Gasteiger partial charge in [-0.3, -0.25) is 0 Å². The van der Waals surface area contributed by atoms with Gasteiger partial charge in [-0.1, -0.05) is 69.6 Å². The Labute approximate surface area is 151 Å². The topological polar surface area (TPSA) is 66.8 Å². The molecular weight excluding hydrogens is 316 g/mol. The number of allylic oxidation sites excluding steroid dienone is 7. The van der Waals surface area contributed by atoms with Crippen molar-refractivity contribution in [2.75, 3.05) is 0 Å². The van der Waals surface area contributed by atoms with Crippen molar-refractivity contribution < 1.29 is 19.7 Å². The molecule has 0 amide bonds. The van der Waals surface area contributed by atoms with Crippen molar-refractivity contribution in [2.24, 2.45) is 17.3 Å². The quantitative estimate of drug-likeness (QED) is 0.326. The van der Waals surface area contributed by atoms with E-state index in [0.29, 0.717) is 22.8 Å². The van der Waals surface area contributed by atoms with Crippen LogP contribution in [0.15, 0.2) is 47.6 Å². The fourth-order valence-corrected chi connectivity index (χ4v) is 3.48. The van der Waals surface area contributed by atoms with Crippen LogP contribution in [-0.2, 0) is 9.53 Å².